The van der Waals surface area contributed by atoms with Gasteiger partial charge in [0.2, 0.25) is 0 Å². The minimum atomic E-state index is -0.670. The molecule has 7 aliphatic rings. The third-order valence-electron chi connectivity index (χ3n) is 10.3. The first-order valence-corrected chi connectivity index (χ1v) is 10.2. The number of aliphatic hydroxyl groups is 2. The van der Waals surface area contributed by atoms with Crippen molar-refractivity contribution in [3.8, 4) is 0 Å². The van der Waals surface area contributed by atoms with Crippen LogP contribution in [0.25, 0.3) is 0 Å². The third-order valence-corrected chi connectivity index (χ3v) is 10.3. The number of aliphatic hydroxyl groups excluding tert-OH is 1. The molecular weight excluding hydrogens is 300 g/mol. The van der Waals surface area contributed by atoms with Crippen LogP contribution in [-0.2, 0) is 4.79 Å². The molecule has 132 valence electrons. The van der Waals surface area contributed by atoms with Crippen molar-refractivity contribution in [3.05, 3.63) is 0 Å². The fourth-order valence-electron chi connectivity index (χ4n) is 9.39. The number of hydrogen-bond acceptors (Lipinski definition) is 3. The molecule has 0 amide bonds. The second-order valence-electron chi connectivity index (χ2n) is 10.9. The summed E-state index contributed by atoms with van der Waals surface area (Å²) in [6.45, 7) is 4.60. The van der Waals surface area contributed by atoms with E-state index in [4.69, 9.17) is 0 Å². The van der Waals surface area contributed by atoms with Crippen molar-refractivity contribution in [1.82, 2.24) is 0 Å². The molecule has 0 radical (unpaired) electrons. The van der Waals surface area contributed by atoms with Crippen LogP contribution in [0, 0.1) is 45.8 Å². The number of carbonyl (C=O) groups is 1. The molecule has 0 aromatic rings. The maximum atomic E-state index is 12.9. The smallest absolute Gasteiger partial charge is 0.142 e. The Kier molecular flexibility index (Phi) is 2.34. The predicted octanol–water partition coefficient (Wildman–Crippen LogP) is 2.93. The Bertz CT molecular complexity index is 651. The molecule has 0 saturated heterocycles. The van der Waals surface area contributed by atoms with Gasteiger partial charge in [0, 0.05) is 23.2 Å². The Hall–Kier alpha value is -0.410. The number of ketones is 1. The number of carbonyl (C=O) groups excluding carboxylic acids is 1. The number of fused-ring (bicyclic) bond motifs is 3. The summed E-state index contributed by atoms with van der Waals surface area (Å²) in [6.07, 6.45) is 7.58. The largest absolute Gasteiger partial charge is 0.393 e. The highest BCUT2D eigenvalue weighted by atomic mass is 16.3. The summed E-state index contributed by atoms with van der Waals surface area (Å²) in [5, 5.41) is 21.9. The first-order chi connectivity index (χ1) is 11.3. The highest BCUT2D eigenvalue weighted by molar-refractivity contribution is 5.93. The summed E-state index contributed by atoms with van der Waals surface area (Å²) < 4.78 is 0. The van der Waals surface area contributed by atoms with Gasteiger partial charge in [-0.25, -0.2) is 0 Å². The monoisotopic (exact) mass is 330 g/mol. The fourth-order valence-corrected chi connectivity index (χ4v) is 9.39. The van der Waals surface area contributed by atoms with E-state index in [-0.39, 0.29) is 16.9 Å². The second kappa shape index (κ2) is 3.81. The lowest BCUT2D eigenvalue weighted by Crippen LogP contribution is -2.76. The summed E-state index contributed by atoms with van der Waals surface area (Å²) in [5.41, 5.74) is -0.456. The van der Waals surface area contributed by atoms with Gasteiger partial charge in [-0.15, -0.1) is 0 Å². The summed E-state index contributed by atoms with van der Waals surface area (Å²) >= 11 is 0. The van der Waals surface area contributed by atoms with E-state index in [2.05, 4.69) is 13.8 Å². The Balaban J connectivity index is 1.47. The number of rotatable bonds is 0. The highest BCUT2D eigenvalue weighted by Crippen LogP contribution is 2.83. The minimum absolute atomic E-state index is 0.0508. The van der Waals surface area contributed by atoms with E-state index in [0.717, 1.165) is 44.9 Å². The molecule has 7 saturated carbocycles. The molecule has 0 aromatic heterocycles. The van der Waals surface area contributed by atoms with E-state index in [1.807, 2.05) is 0 Å². The van der Waals surface area contributed by atoms with Crippen LogP contribution in [0.1, 0.15) is 65.2 Å². The van der Waals surface area contributed by atoms with Gasteiger partial charge in [0.1, 0.15) is 5.78 Å². The van der Waals surface area contributed by atoms with Crippen molar-refractivity contribution in [2.45, 2.75) is 76.9 Å². The predicted molar refractivity (Wildman–Crippen MR) is 89.0 cm³/mol. The lowest BCUT2D eigenvalue weighted by atomic mass is 9.28. The standard InChI is InChI=1S/C21H30O3/c1-18-5-4-15-19(2)6-3-12(22)10-21(19,24)11-8-20(15,9-11)16(18)13-7-14(13)17(18)23/h11-16,22,24H,3-10H2,1-2H3/t11?,12-,13+,14-,15?,16?,18-,19+,20?,21+/m0/s1. The average molecular weight is 330 g/mol. The highest BCUT2D eigenvalue weighted by Gasteiger charge is 2.81. The Labute approximate surface area is 144 Å². The quantitative estimate of drug-likeness (QED) is 0.718. The zero-order valence-electron chi connectivity index (χ0n) is 14.9. The molecule has 1 spiro atoms. The molecule has 0 aliphatic heterocycles. The molecule has 24 heavy (non-hydrogen) atoms. The first-order valence-electron chi connectivity index (χ1n) is 10.2. The van der Waals surface area contributed by atoms with Gasteiger partial charge >= 0.3 is 0 Å². The van der Waals surface area contributed by atoms with Crippen LogP contribution in [0.5, 0.6) is 0 Å². The van der Waals surface area contributed by atoms with E-state index in [9.17, 15) is 15.0 Å². The van der Waals surface area contributed by atoms with Crippen molar-refractivity contribution < 1.29 is 15.0 Å². The normalized spacial score (nSPS) is 69.1. The molecule has 7 rings (SSSR count). The molecule has 8 atom stereocenters. The summed E-state index contributed by atoms with van der Waals surface area (Å²) in [4.78, 5) is 12.9. The maximum absolute atomic E-state index is 12.9. The topological polar surface area (TPSA) is 57.5 Å². The SMILES string of the molecule is C[C@]12CCC3C4(CC(C4)[C@]4(O)C[C@@H](O)CC[C@]34C)C1[C@@H]1C[C@@H]1C2=O. The van der Waals surface area contributed by atoms with Crippen LogP contribution >= 0.6 is 0 Å². The Morgan fingerprint density at radius 2 is 1.83 bits per heavy atom. The maximum Gasteiger partial charge on any atom is 0.142 e. The molecule has 3 heteroatoms. The lowest BCUT2D eigenvalue weighted by molar-refractivity contribution is -0.333. The van der Waals surface area contributed by atoms with Crippen molar-refractivity contribution in [1.29, 1.82) is 0 Å². The van der Waals surface area contributed by atoms with E-state index in [0.29, 0.717) is 47.2 Å². The van der Waals surface area contributed by atoms with Gasteiger partial charge in [-0.3, -0.25) is 4.79 Å². The zero-order valence-corrected chi connectivity index (χ0v) is 14.9. The van der Waals surface area contributed by atoms with Gasteiger partial charge in [-0.2, -0.15) is 0 Å². The first kappa shape index (κ1) is 14.7. The van der Waals surface area contributed by atoms with Crippen LogP contribution < -0.4 is 0 Å². The van der Waals surface area contributed by atoms with Crippen molar-refractivity contribution >= 4 is 5.78 Å². The van der Waals surface area contributed by atoms with Crippen LogP contribution in [0.3, 0.4) is 0 Å². The molecule has 2 unspecified atom stereocenters. The third kappa shape index (κ3) is 1.25. The van der Waals surface area contributed by atoms with E-state index >= 15 is 0 Å². The van der Waals surface area contributed by atoms with Gasteiger partial charge in [-0.1, -0.05) is 13.8 Å². The Morgan fingerprint density at radius 1 is 1.08 bits per heavy atom. The second-order valence-corrected chi connectivity index (χ2v) is 10.9. The lowest BCUT2D eigenvalue weighted by Gasteiger charge is -2.77. The fraction of sp³-hybridized carbons (Fsp3) is 0.952. The number of hydrogen-bond donors (Lipinski definition) is 2. The molecule has 0 heterocycles. The van der Waals surface area contributed by atoms with Crippen LogP contribution in [-0.4, -0.2) is 27.7 Å². The molecule has 2 N–H and O–H groups in total. The van der Waals surface area contributed by atoms with Gasteiger partial charge in [0.15, 0.2) is 0 Å². The zero-order chi connectivity index (χ0) is 16.7. The van der Waals surface area contributed by atoms with E-state index in [1.165, 1.54) is 0 Å². The van der Waals surface area contributed by atoms with Crippen molar-refractivity contribution in [2.24, 2.45) is 45.8 Å². The summed E-state index contributed by atoms with van der Waals surface area (Å²) in [6, 6.07) is 0. The van der Waals surface area contributed by atoms with Crippen molar-refractivity contribution in [3.63, 3.8) is 0 Å². The Morgan fingerprint density at radius 3 is 2.58 bits per heavy atom. The van der Waals surface area contributed by atoms with Crippen LogP contribution in [0.2, 0.25) is 0 Å². The van der Waals surface area contributed by atoms with Gasteiger partial charge in [-0.05, 0) is 74.0 Å². The molecule has 3 nitrogen and oxygen atoms in total. The van der Waals surface area contributed by atoms with Crippen LogP contribution in [0.15, 0.2) is 0 Å². The number of Topliss-reactive ketones (excluding diaryl/α,β-unsaturated/α-hetero) is 1. The van der Waals surface area contributed by atoms with E-state index < -0.39 is 5.60 Å². The van der Waals surface area contributed by atoms with Gasteiger partial charge in [0.25, 0.3) is 0 Å². The van der Waals surface area contributed by atoms with Crippen LogP contribution in [0.4, 0.5) is 0 Å². The molecule has 7 fully saturated rings. The minimum Gasteiger partial charge on any atom is -0.393 e. The van der Waals surface area contributed by atoms with Gasteiger partial charge in [0.05, 0.1) is 11.7 Å². The summed E-state index contributed by atoms with van der Waals surface area (Å²) in [7, 11) is 0. The molecule has 0 aromatic carbocycles. The average Bonchev–Trinajstić information content (AvgIpc) is 3.22. The summed E-state index contributed by atoms with van der Waals surface area (Å²) in [5.74, 6) is 3.12. The van der Waals surface area contributed by atoms with E-state index in [1.54, 1.807) is 0 Å². The molecule has 7 aliphatic carbocycles. The van der Waals surface area contributed by atoms with Crippen molar-refractivity contribution in [2.75, 3.05) is 0 Å². The van der Waals surface area contributed by atoms with Gasteiger partial charge < -0.3 is 10.2 Å². The molecular formula is C21H30O3. The molecule has 2 bridgehead atoms.